The Balaban J connectivity index is 2.11. The minimum absolute atomic E-state index is 0.224. The summed E-state index contributed by atoms with van der Waals surface area (Å²) in [6.07, 6.45) is 3.05. The van der Waals surface area contributed by atoms with Crippen LogP contribution in [0.15, 0.2) is 22.7 Å². The monoisotopic (exact) mass is 336 g/mol. The molecule has 2 rings (SSSR count). The number of carboxylic acids is 1. The summed E-state index contributed by atoms with van der Waals surface area (Å²) in [5.74, 6) is -0.340. The predicted molar refractivity (Wildman–Crippen MR) is 80.7 cm³/mol. The number of carbonyl (C=O) groups is 1. The zero-order valence-electron chi connectivity index (χ0n) is 11.2. The molecule has 1 atom stereocenters. The number of rotatable bonds is 4. The van der Waals surface area contributed by atoms with E-state index in [9.17, 15) is 10.1 Å². The maximum absolute atomic E-state index is 10.7. The highest BCUT2D eigenvalue weighted by Crippen LogP contribution is 2.30. The summed E-state index contributed by atoms with van der Waals surface area (Å²) < 4.78 is 0.958. The van der Waals surface area contributed by atoms with Gasteiger partial charge < -0.3 is 10.0 Å². The summed E-state index contributed by atoms with van der Waals surface area (Å²) in [5, 5.41) is 18.0. The zero-order valence-corrected chi connectivity index (χ0v) is 12.8. The lowest BCUT2D eigenvalue weighted by Crippen LogP contribution is -2.36. The Labute approximate surface area is 127 Å². The van der Waals surface area contributed by atoms with Gasteiger partial charge in [0.1, 0.15) is 6.07 Å². The summed E-state index contributed by atoms with van der Waals surface area (Å²) in [4.78, 5) is 12.9. The highest BCUT2D eigenvalue weighted by atomic mass is 79.9. The molecule has 0 bridgehead atoms. The standard InChI is InChI=1S/C15H17BrN2O2/c16-13-5-4-12(9-17)14(8-13)18-7-1-2-11(10-18)3-6-15(19)20/h4-5,8,11H,1-3,6-7,10H2,(H,19,20). The number of aliphatic carboxylic acids is 1. The lowest BCUT2D eigenvalue weighted by atomic mass is 9.92. The fourth-order valence-electron chi connectivity index (χ4n) is 2.71. The first kappa shape index (κ1) is 14.9. The number of hydrogen-bond acceptors (Lipinski definition) is 3. The van der Waals surface area contributed by atoms with E-state index in [0.29, 0.717) is 17.9 Å². The summed E-state index contributed by atoms with van der Waals surface area (Å²) in [5.41, 5.74) is 1.62. The molecule has 0 aromatic heterocycles. The lowest BCUT2D eigenvalue weighted by Gasteiger charge is -2.35. The molecule has 1 unspecified atom stereocenters. The lowest BCUT2D eigenvalue weighted by molar-refractivity contribution is -0.137. The van der Waals surface area contributed by atoms with Crippen LogP contribution in [0.4, 0.5) is 5.69 Å². The second kappa shape index (κ2) is 6.76. The van der Waals surface area contributed by atoms with E-state index in [2.05, 4.69) is 26.9 Å². The minimum Gasteiger partial charge on any atom is -0.481 e. The van der Waals surface area contributed by atoms with E-state index in [1.807, 2.05) is 18.2 Å². The molecule has 0 amide bonds. The Morgan fingerprint density at radius 1 is 1.55 bits per heavy atom. The van der Waals surface area contributed by atoms with Crippen molar-refractivity contribution in [2.24, 2.45) is 5.92 Å². The number of anilines is 1. The first-order valence-electron chi connectivity index (χ1n) is 6.76. The van der Waals surface area contributed by atoms with Crippen molar-refractivity contribution in [3.8, 4) is 6.07 Å². The van der Waals surface area contributed by atoms with Gasteiger partial charge in [-0.3, -0.25) is 4.79 Å². The third kappa shape index (κ3) is 3.73. The minimum atomic E-state index is -0.734. The largest absolute Gasteiger partial charge is 0.481 e. The molecule has 1 aliphatic rings. The first-order valence-corrected chi connectivity index (χ1v) is 7.56. The second-order valence-electron chi connectivity index (χ2n) is 5.16. The van der Waals surface area contributed by atoms with Crippen LogP contribution in [0.5, 0.6) is 0 Å². The third-order valence-corrected chi connectivity index (χ3v) is 4.20. The van der Waals surface area contributed by atoms with Crippen LogP contribution in [-0.4, -0.2) is 24.2 Å². The van der Waals surface area contributed by atoms with Gasteiger partial charge in [-0.1, -0.05) is 15.9 Å². The number of nitriles is 1. The third-order valence-electron chi connectivity index (χ3n) is 3.71. The Morgan fingerprint density at radius 3 is 3.05 bits per heavy atom. The van der Waals surface area contributed by atoms with Crippen molar-refractivity contribution in [3.05, 3.63) is 28.2 Å². The van der Waals surface area contributed by atoms with Crippen LogP contribution in [-0.2, 0) is 4.79 Å². The Bertz CT molecular complexity index is 539. The fourth-order valence-corrected chi connectivity index (χ4v) is 3.06. The zero-order chi connectivity index (χ0) is 14.5. The van der Waals surface area contributed by atoms with Gasteiger partial charge in [-0.05, 0) is 43.4 Å². The normalized spacial score (nSPS) is 18.6. The number of hydrogen-bond donors (Lipinski definition) is 1. The van der Waals surface area contributed by atoms with Crippen LogP contribution >= 0.6 is 15.9 Å². The van der Waals surface area contributed by atoms with Crippen molar-refractivity contribution in [3.63, 3.8) is 0 Å². The first-order chi connectivity index (χ1) is 9.60. The van der Waals surface area contributed by atoms with Gasteiger partial charge in [-0.2, -0.15) is 5.26 Å². The fraction of sp³-hybridized carbons (Fsp3) is 0.467. The SMILES string of the molecule is N#Cc1ccc(Br)cc1N1CCCC(CCC(=O)O)C1. The van der Waals surface area contributed by atoms with Crippen LogP contribution in [0.1, 0.15) is 31.2 Å². The number of piperidine rings is 1. The number of carboxylic acid groups (broad SMARTS) is 1. The molecular weight excluding hydrogens is 320 g/mol. The molecule has 1 N–H and O–H groups in total. The van der Waals surface area contributed by atoms with Gasteiger partial charge in [0.2, 0.25) is 0 Å². The number of halogens is 1. The van der Waals surface area contributed by atoms with E-state index >= 15 is 0 Å². The molecule has 1 saturated heterocycles. The average Bonchev–Trinajstić information content (AvgIpc) is 2.45. The van der Waals surface area contributed by atoms with E-state index in [-0.39, 0.29) is 6.42 Å². The van der Waals surface area contributed by atoms with Crippen molar-refractivity contribution in [1.29, 1.82) is 5.26 Å². The maximum Gasteiger partial charge on any atom is 0.303 e. The van der Waals surface area contributed by atoms with Gasteiger partial charge >= 0.3 is 5.97 Å². The molecule has 0 aliphatic carbocycles. The smallest absolute Gasteiger partial charge is 0.303 e. The molecule has 1 aromatic rings. The molecule has 1 heterocycles. The van der Waals surface area contributed by atoms with Crippen molar-refractivity contribution in [2.45, 2.75) is 25.7 Å². The number of benzene rings is 1. The van der Waals surface area contributed by atoms with E-state index in [0.717, 1.165) is 36.1 Å². The summed E-state index contributed by atoms with van der Waals surface area (Å²) >= 11 is 3.44. The van der Waals surface area contributed by atoms with Gasteiger partial charge in [0, 0.05) is 24.0 Å². The maximum atomic E-state index is 10.7. The topological polar surface area (TPSA) is 64.3 Å². The molecule has 4 nitrogen and oxygen atoms in total. The average molecular weight is 337 g/mol. The van der Waals surface area contributed by atoms with E-state index in [1.165, 1.54) is 0 Å². The second-order valence-corrected chi connectivity index (χ2v) is 6.08. The molecule has 0 spiro atoms. The van der Waals surface area contributed by atoms with Crippen LogP contribution in [0.3, 0.4) is 0 Å². The van der Waals surface area contributed by atoms with E-state index in [4.69, 9.17) is 5.11 Å². The van der Waals surface area contributed by atoms with Gasteiger partial charge in [0.25, 0.3) is 0 Å². The Morgan fingerprint density at radius 2 is 2.35 bits per heavy atom. The van der Waals surface area contributed by atoms with Crippen LogP contribution in [0.25, 0.3) is 0 Å². The molecule has 20 heavy (non-hydrogen) atoms. The Kier molecular flexibility index (Phi) is 5.02. The highest BCUT2D eigenvalue weighted by Gasteiger charge is 2.22. The van der Waals surface area contributed by atoms with Gasteiger partial charge in [-0.25, -0.2) is 0 Å². The molecule has 0 saturated carbocycles. The van der Waals surface area contributed by atoms with Crippen LogP contribution in [0.2, 0.25) is 0 Å². The summed E-state index contributed by atoms with van der Waals surface area (Å²) in [7, 11) is 0. The molecule has 0 radical (unpaired) electrons. The number of nitrogens with zero attached hydrogens (tertiary/aromatic N) is 2. The molecule has 1 fully saturated rings. The van der Waals surface area contributed by atoms with Crippen molar-refractivity contribution in [2.75, 3.05) is 18.0 Å². The molecule has 106 valence electrons. The highest BCUT2D eigenvalue weighted by molar-refractivity contribution is 9.10. The molecular formula is C15H17BrN2O2. The van der Waals surface area contributed by atoms with Gasteiger partial charge in [-0.15, -0.1) is 0 Å². The van der Waals surface area contributed by atoms with Crippen molar-refractivity contribution >= 4 is 27.6 Å². The van der Waals surface area contributed by atoms with Crippen LogP contribution in [0, 0.1) is 17.2 Å². The van der Waals surface area contributed by atoms with Gasteiger partial charge in [0.15, 0.2) is 0 Å². The summed E-state index contributed by atoms with van der Waals surface area (Å²) in [6, 6.07) is 7.89. The van der Waals surface area contributed by atoms with Crippen molar-refractivity contribution < 1.29 is 9.90 Å². The predicted octanol–water partition coefficient (Wildman–Crippen LogP) is 3.40. The Hall–Kier alpha value is -1.54. The summed E-state index contributed by atoms with van der Waals surface area (Å²) in [6.45, 7) is 1.76. The quantitative estimate of drug-likeness (QED) is 0.915. The van der Waals surface area contributed by atoms with Gasteiger partial charge in [0.05, 0.1) is 11.3 Å². The van der Waals surface area contributed by atoms with Crippen LogP contribution < -0.4 is 4.90 Å². The molecule has 5 heteroatoms. The molecule has 1 aliphatic heterocycles. The van der Waals surface area contributed by atoms with E-state index < -0.39 is 5.97 Å². The van der Waals surface area contributed by atoms with E-state index in [1.54, 1.807) is 0 Å². The van der Waals surface area contributed by atoms with Crippen molar-refractivity contribution in [1.82, 2.24) is 0 Å². The molecule has 1 aromatic carbocycles.